The minimum Gasteiger partial charge on any atom is -0.480 e. The van der Waals surface area contributed by atoms with E-state index in [9.17, 15) is 4.79 Å². The van der Waals surface area contributed by atoms with Crippen molar-refractivity contribution >= 4 is 5.97 Å². The third kappa shape index (κ3) is 3.47. The highest BCUT2D eigenvalue weighted by molar-refractivity contribution is 5.73. The Bertz CT molecular complexity index is 222. The smallest absolute Gasteiger partial charge is 0.320 e. The first-order valence-electron chi connectivity index (χ1n) is 5.53. The van der Waals surface area contributed by atoms with Crippen LogP contribution >= 0.6 is 0 Å². The number of rotatable bonds is 4. The van der Waals surface area contributed by atoms with Gasteiger partial charge in [0.2, 0.25) is 0 Å². The highest BCUT2D eigenvalue weighted by Gasteiger charge is 2.33. The lowest BCUT2D eigenvalue weighted by Gasteiger charge is -2.37. The van der Waals surface area contributed by atoms with Gasteiger partial charge in [-0.1, -0.05) is 13.8 Å². The van der Waals surface area contributed by atoms with Gasteiger partial charge in [0.25, 0.3) is 0 Å². The Kier molecular flexibility index (Phi) is 4.11. The van der Waals surface area contributed by atoms with Gasteiger partial charge in [-0.2, -0.15) is 0 Å². The lowest BCUT2D eigenvalue weighted by atomic mass is 9.91. The number of ether oxygens (including phenoxy) is 1. The van der Waals surface area contributed by atoms with Crippen LogP contribution in [-0.4, -0.2) is 35.9 Å². The van der Waals surface area contributed by atoms with Gasteiger partial charge in [0.05, 0.1) is 6.61 Å². The van der Waals surface area contributed by atoms with E-state index < -0.39 is 12.0 Å². The van der Waals surface area contributed by atoms with Gasteiger partial charge in [0, 0.05) is 12.1 Å². The van der Waals surface area contributed by atoms with Crippen LogP contribution in [-0.2, 0) is 9.53 Å². The molecule has 2 unspecified atom stereocenters. The molecule has 1 aliphatic rings. The van der Waals surface area contributed by atoms with Gasteiger partial charge >= 0.3 is 5.97 Å². The summed E-state index contributed by atoms with van der Waals surface area (Å²) in [5, 5.41) is 12.3. The second-order valence-corrected chi connectivity index (χ2v) is 4.92. The summed E-state index contributed by atoms with van der Waals surface area (Å²) in [5.74, 6) is -0.696. The first kappa shape index (κ1) is 12.5. The van der Waals surface area contributed by atoms with E-state index in [1.54, 1.807) is 0 Å². The molecule has 0 aromatic carbocycles. The van der Waals surface area contributed by atoms with Gasteiger partial charge in [-0.15, -0.1) is 0 Å². The number of hydrogen-bond acceptors (Lipinski definition) is 3. The van der Waals surface area contributed by atoms with Crippen LogP contribution in [0.25, 0.3) is 0 Å². The van der Waals surface area contributed by atoms with Gasteiger partial charge in [-0.25, -0.2) is 0 Å². The number of nitrogens with one attached hydrogen (secondary N) is 1. The van der Waals surface area contributed by atoms with E-state index in [1.165, 1.54) is 0 Å². The standard InChI is InChI=1S/C11H21NO3/c1-8(2)9(10(13)14)12-11(3)5-4-6-15-7-11/h8-9,12H,4-7H2,1-3H3,(H,13,14). The molecule has 0 aliphatic carbocycles. The molecule has 1 fully saturated rings. The minimum atomic E-state index is -0.781. The van der Waals surface area contributed by atoms with Crippen molar-refractivity contribution in [1.29, 1.82) is 0 Å². The predicted octanol–water partition coefficient (Wildman–Crippen LogP) is 1.25. The number of hydrogen-bond donors (Lipinski definition) is 2. The second-order valence-electron chi connectivity index (χ2n) is 4.92. The van der Waals surface area contributed by atoms with E-state index in [1.807, 2.05) is 20.8 Å². The third-order valence-electron chi connectivity index (χ3n) is 2.87. The molecule has 2 N–H and O–H groups in total. The van der Waals surface area contributed by atoms with Gasteiger partial charge in [0.15, 0.2) is 0 Å². The van der Waals surface area contributed by atoms with Crippen LogP contribution in [0.15, 0.2) is 0 Å². The zero-order valence-corrected chi connectivity index (χ0v) is 9.75. The molecule has 0 saturated carbocycles. The molecule has 1 rings (SSSR count). The average molecular weight is 215 g/mol. The third-order valence-corrected chi connectivity index (χ3v) is 2.87. The Hall–Kier alpha value is -0.610. The summed E-state index contributed by atoms with van der Waals surface area (Å²) in [6, 6.07) is -0.489. The lowest BCUT2D eigenvalue weighted by Crippen LogP contribution is -2.57. The van der Waals surface area contributed by atoms with Crippen molar-refractivity contribution in [1.82, 2.24) is 5.32 Å². The molecule has 1 aliphatic heterocycles. The summed E-state index contributed by atoms with van der Waals surface area (Å²) in [6.07, 6.45) is 1.97. The van der Waals surface area contributed by atoms with Crippen LogP contribution < -0.4 is 5.32 Å². The molecule has 0 bridgehead atoms. The summed E-state index contributed by atoms with van der Waals surface area (Å²) >= 11 is 0. The zero-order chi connectivity index (χ0) is 11.5. The first-order valence-corrected chi connectivity index (χ1v) is 5.53. The molecular formula is C11H21NO3. The Labute approximate surface area is 91.0 Å². The van der Waals surface area contributed by atoms with Crippen LogP contribution in [0.2, 0.25) is 0 Å². The van der Waals surface area contributed by atoms with Crippen molar-refractivity contribution in [3.05, 3.63) is 0 Å². The molecule has 2 atom stereocenters. The molecule has 0 radical (unpaired) electrons. The maximum Gasteiger partial charge on any atom is 0.320 e. The average Bonchev–Trinajstić information content (AvgIpc) is 2.14. The summed E-state index contributed by atoms with van der Waals surface area (Å²) in [6.45, 7) is 7.25. The van der Waals surface area contributed by atoms with Crippen molar-refractivity contribution in [3.8, 4) is 0 Å². The fourth-order valence-electron chi connectivity index (χ4n) is 1.94. The molecule has 0 aromatic heterocycles. The summed E-state index contributed by atoms with van der Waals surface area (Å²) < 4.78 is 5.39. The van der Waals surface area contributed by atoms with Gasteiger partial charge in [-0.3, -0.25) is 10.1 Å². The van der Waals surface area contributed by atoms with Crippen LogP contribution in [0.1, 0.15) is 33.6 Å². The van der Waals surface area contributed by atoms with Crippen LogP contribution in [0.4, 0.5) is 0 Å². The number of carbonyl (C=O) groups is 1. The fourth-order valence-corrected chi connectivity index (χ4v) is 1.94. The van der Waals surface area contributed by atoms with E-state index in [0.29, 0.717) is 6.61 Å². The summed E-state index contributed by atoms with van der Waals surface area (Å²) in [5.41, 5.74) is -0.189. The van der Waals surface area contributed by atoms with E-state index in [-0.39, 0.29) is 11.5 Å². The van der Waals surface area contributed by atoms with E-state index in [4.69, 9.17) is 9.84 Å². The largest absolute Gasteiger partial charge is 0.480 e. The van der Waals surface area contributed by atoms with E-state index in [2.05, 4.69) is 5.32 Å². The molecule has 4 nitrogen and oxygen atoms in total. The molecule has 15 heavy (non-hydrogen) atoms. The zero-order valence-electron chi connectivity index (χ0n) is 9.75. The lowest BCUT2D eigenvalue weighted by molar-refractivity contribution is -0.142. The highest BCUT2D eigenvalue weighted by Crippen LogP contribution is 2.20. The molecule has 0 spiro atoms. The van der Waals surface area contributed by atoms with Gasteiger partial charge < -0.3 is 9.84 Å². The molecule has 1 heterocycles. The molecule has 1 saturated heterocycles. The monoisotopic (exact) mass is 215 g/mol. The number of carboxylic acids is 1. The fraction of sp³-hybridized carbons (Fsp3) is 0.909. The SMILES string of the molecule is CC(C)C(NC1(C)CCCOC1)C(=O)O. The minimum absolute atomic E-state index is 0.0845. The van der Waals surface area contributed by atoms with Gasteiger partial charge in [0.1, 0.15) is 6.04 Å². The topological polar surface area (TPSA) is 58.6 Å². The van der Waals surface area contributed by atoms with Crippen molar-refractivity contribution in [2.24, 2.45) is 5.92 Å². The van der Waals surface area contributed by atoms with Crippen LogP contribution in [0.3, 0.4) is 0 Å². The van der Waals surface area contributed by atoms with Crippen LogP contribution in [0.5, 0.6) is 0 Å². The van der Waals surface area contributed by atoms with Crippen molar-refractivity contribution in [2.75, 3.05) is 13.2 Å². The number of carboxylic acid groups (broad SMARTS) is 1. The quantitative estimate of drug-likeness (QED) is 0.741. The van der Waals surface area contributed by atoms with Crippen molar-refractivity contribution in [2.45, 2.75) is 45.2 Å². The Balaban J connectivity index is 2.59. The van der Waals surface area contributed by atoms with E-state index in [0.717, 1.165) is 19.4 Å². The highest BCUT2D eigenvalue weighted by atomic mass is 16.5. The Morgan fingerprint density at radius 3 is 2.60 bits per heavy atom. The van der Waals surface area contributed by atoms with Crippen molar-refractivity contribution in [3.63, 3.8) is 0 Å². The normalized spacial score (nSPS) is 29.1. The molecule has 4 heteroatoms. The second kappa shape index (κ2) is 4.94. The predicted molar refractivity (Wildman–Crippen MR) is 57.9 cm³/mol. The summed E-state index contributed by atoms with van der Waals surface area (Å²) in [7, 11) is 0. The molecule has 0 aromatic rings. The van der Waals surface area contributed by atoms with Crippen LogP contribution in [0, 0.1) is 5.92 Å². The number of aliphatic carboxylic acids is 1. The maximum atomic E-state index is 11.1. The Morgan fingerprint density at radius 1 is 1.53 bits per heavy atom. The molecule has 0 amide bonds. The maximum absolute atomic E-state index is 11.1. The molecular weight excluding hydrogens is 194 g/mol. The Morgan fingerprint density at radius 2 is 2.20 bits per heavy atom. The summed E-state index contributed by atoms with van der Waals surface area (Å²) in [4.78, 5) is 11.1. The van der Waals surface area contributed by atoms with E-state index >= 15 is 0 Å². The van der Waals surface area contributed by atoms with Gasteiger partial charge in [-0.05, 0) is 25.7 Å². The van der Waals surface area contributed by atoms with Crippen molar-refractivity contribution < 1.29 is 14.6 Å². The first-order chi connectivity index (χ1) is 6.94. The molecule has 88 valence electrons.